The zero-order chi connectivity index (χ0) is 17.3. The minimum Gasteiger partial charge on any atom is -0.345 e. The van der Waals surface area contributed by atoms with Crippen molar-refractivity contribution in [2.45, 2.75) is 45.7 Å². The number of carbonyl (C=O) groups excluding carboxylic acids is 2. The standard InChI is InChI=1S/C17H23N5O2/c1-11(2)15(22-10-6-8-14(22)23)17(24)18-12(3)16-20-19-13-7-4-5-9-21(13)16/h4-5,7,9,11-12,15H,6,8,10H2,1-3H3,(H,18,24)/t12-,15+/m1/s1. The lowest BCUT2D eigenvalue weighted by atomic mass is 10.0. The van der Waals surface area contributed by atoms with Crippen molar-refractivity contribution in [2.24, 2.45) is 5.92 Å². The second-order valence-electron chi connectivity index (χ2n) is 6.60. The summed E-state index contributed by atoms with van der Waals surface area (Å²) in [6.45, 7) is 6.46. The van der Waals surface area contributed by atoms with Gasteiger partial charge >= 0.3 is 0 Å². The molecule has 0 radical (unpaired) electrons. The number of pyridine rings is 1. The van der Waals surface area contributed by atoms with Gasteiger partial charge in [-0.3, -0.25) is 14.0 Å². The van der Waals surface area contributed by atoms with Gasteiger partial charge in [-0.05, 0) is 31.4 Å². The highest BCUT2D eigenvalue weighted by Gasteiger charge is 2.35. The molecular weight excluding hydrogens is 306 g/mol. The molecule has 2 amide bonds. The van der Waals surface area contributed by atoms with Crippen molar-refractivity contribution < 1.29 is 9.59 Å². The van der Waals surface area contributed by atoms with Crippen LogP contribution in [0.1, 0.15) is 45.5 Å². The van der Waals surface area contributed by atoms with Crippen LogP contribution in [0, 0.1) is 5.92 Å². The number of nitrogens with zero attached hydrogens (tertiary/aromatic N) is 4. The largest absolute Gasteiger partial charge is 0.345 e. The van der Waals surface area contributed by atoms with E-state index in [0.717, 1.165) is 12.1 Å². The highest BCUT2D eigenvalue weighted by molar-refractivity contribution is 5.89. The number of amides is 2. The molecule has 1 fully saturated rings. The Balaban J connectivity index is 1.78. The normalized spacial score (nSPS) is 17.5. The molecule has 1 aliphatic rings. The third-order valence-electron chi connectivity index (χ3n) is 4.43. The van der Waals surface area contributed by atoms with E-state index in [9.17, 15) is 9.59 Å². The fraction of sp³-hybridized carbons (Fsp3) is 0.529. The molecule has 1 saturated heterocycles. The van der Waals surface area contributed by atoms with Crippen LogP contribution in [0.4, 0.5) is 0 Å². The molecule has 1 N–H and O–H groups in total. The summed E-state index contributed by atoms with van der Waals surface area (Å²) in [6, 6.07) is 4.92. The number of rotatable bonds is 5. The van der Waals surface area contributed by atoms with E-state index in [2.05, 4.69) is 15.5 Å². The van der Waals surface area contributed by atoms with Crippen LogP contribution >= 0.6 is 0 Å². The molecule has 1 aliphatic heterocycles. The van der Waals surface area contributed by atoms with Crippen molar-refractivity contribution in [1.29, 1.82) is 0 Å². The number of likely N-dealkylation sites (tertiary alicyclic amines) is 1. The predicted molar refractivity (Wildman–Crippen MR) is 89.1 cm³/mol. The second kappa shape index (κ2) is 6.59. The van der Waals surface area contributed by atoms with Crippen LogP contribution in [-0.2, 0) is 9.59 Å². The third-order valence-corrected chi connectivity index (χ3v) is 4.43. The summed E-state index contributed by atoms with van der Waals surface area (Å²) >= 11 is 0. The number of hydrogen-bond donors (Lipinski definition) is 1. The van der Waals surface area contributed by atoms with E-state index in [4.69, 9.17) is 0 Å². The molecule has 0 unspecified atom stereocenters. The molecule has 3 heterocycles. The molecule has 3 rings (SSSR count). The van der Waals surface area contributed by atoms with Gasteiger partial charge in [0.05, 0.1) is 6.04 Å². The molecule has 7 nitrogen and oxygen atoms in total. The first-order valence-electron chi connectivity index (χ1n) is 8.38. The average Bonchev–Trinajstić information content (AvgIpc) is 3.14. The lowest BCUT2D eigenvalue weighted by molar-refractivity contribution is -0.139. The van der Waals surface area contributed by atoms with Crippen LogP contribution in [0.3, 0.4) is 0 Å². The first-order valence-corrected chi connectivity index (χ1v) is 8.38. The van der Waals surface area contributed by atoms with Gasteiger partial charge in [0.1, 0.15) is 6.04 Å². The Morgan fingerprint density at radius 3 is 2.71 bits per heavy atom. The Morgan fingerprint density at radius 1 is 1.25 bits per heavy atom. The number of fused-ring (bicyclic) bond motifs is 1. The maximum absolute atomic E-state index is 12.8. The maximum Gasteiger partial charge on any atom is 0.243 e. The van der Waals surface area contributed by atoms with Gasteiger partial charge in [-0.25, -0.2) is 0 Å². The van der Waals surface area contributed by atoms with Crippen molar-refractivity contribution in [3.63, 3.8) is 0 Å². The molecule has 2 aromatic rings. The Hall–Kier alpha value is -2.44. The first kappa shape index (κ1) is 16.4. The van der Waals surface area contributed by atoms with E-state index in [1.807, 2.05) is 49.6 Å². The molecule has 2 atom stereocenters. The van der Waals surface area contributed by atoms with Crippen molar-refractivity contribution in [2.75, 3.05) is 6.54 Å². The summed E-state index contributed by atoms with van der Waals surface area (Å²) < 4.78 is 1.86. The number of hydrogen-bond acceptors (Lipinski definition) is 4. The van der Waals surface area contributed by atoms with Gasteiger partial charge in [0.15, 0.2) is 11.5 Å². The van der Waals surface area contributed by atoms with E-state index >= 15 is 0 Å². The van der Waals surface area contributed by atoms with E-state index in [-0.39, 0.29) is 23.8 Å². The van der Waals surface area contributed by atoms with Gasteiger partial charge in [-0.2, -0.15) is 0 Å². The predicted octanol–water partition coefficient (Wildman–Crippen LogP) is 1.55. The molecule has 0 aliphatic carbocycles. The molecule has 24 heavy (non-hydrogen) atoms. The quantitative estimate of drug-likeness (QED) is 0.903. The second-order valence-corrected chi connectivity index (χ2v) is 6.60. The SMILES string of the molecule is CC(C)[C@@H](C(=O)N[C@H](C)c1nnc2ccccn12)N1CCCC1=O. The summed E-state index contributed by atoms with van der Waals surface area (Å²) in [5.41, 5.74) is 0.740. The van der Waals surface area contributed by atoms with Crippen LogP contribution in [0.5, 0.6) is 0 Å². The molecule has 0 spiro atoms. The summed E-state index contributed by atoms with van der Waals surface area (Å²) in [5.74, 6) is 0.647. The highest BCUT2D eigenvalue weighted by atomic mass is 16.2. The summed E-state index contributed by atoms with van der Waals surface area (Å²) in [5, 5.41) is 11.3. The summed E-state index contributed by atoms with van der Waals surface area (Å²) in [4.78, 5) is 26.5. The van der Waals surface area contributed by atoms with Crippen LogP contribution < -0.4 is 5.32 Å². The fourth-order valence-corrected chi connectivity index (χ4v) is 3.29. The van der Waals surface area contributed by atoms with E-state index < -0.39 is 6.04 Å². The molecule has 0 saturated carbocycles. The molecule has 0 aromatic carbocycles. The van der Waals surface area contributed by atoms with Crippen molar-refractivity contribution in [3.8, 4) is 0 Å². The lowest BCUT2D eigenvalue weighted by Crippen LogP contribution is -2.51. The third kappa shape index (κ3) is 2.98. The van der Waals surface area contributed by atoms with Crippen molar-refractivity contribution in [3.05, 3.63) is 30.2 Å². The van der Waals surface area contributed by atoms with Gasteiger partial charge in [0.2, 0.25) is 11.8 Å². The molecular formula is C17H23N5O2. The van der Waals surface area contributed by atoms with Crippen LogP contribution in [-0.4, -0.2) is 43.9 Å². The van der Waals surface area contributed by atoms with E-state index in [0.29, 0.717) is 18.8 Å². The Morgan fingerprint density at radius 2 is 2.04 bits per heavy atom. The van der Waals surface area contributed by atoms with Crippen molar-refractivity contribution in [1.82, 2.24) is 24.8 Å². The maximum atomic E-state index is 12.8. The zero-order valence-electron chi connectivity index (χ0n) is 14.3. The minimum atomic E-state index is -0.443. The fourth-order valence-electron chi connectivity index (χ4n) is 3.29. The van der Waals surface area contributed by atoms with Gasteiger partial charge in [0, 0.05) is 19.2 Å². The molecule has 128 valence electrons. The first-order chi connectivity index (χ1) is 11.5. The Kier molecular flexibility index (Phi) is 4.51. The van der Waals surface area contributed by atoms with Gasteiger partial charge < -0.3 is 10.2 Å². The van der Waals surface area contributed by atoms with Crippen LogP contribution in [0.2, 0.25) is 0 Å². The van der Waals surface area contributed by atoms with Gasteiger partial charge in [-0.15, -0.1) is 10.2 Å². The van der Waals surface area contributed by atoms with Crippen LogP contribution in [0.25, 0.3) is 5.65 Å². The van der Waals surface area contributed by atoms with Crippen molar-refractivity contribution >= 4 is 17.5 Å². The molecule has 2 aromatic heterocycles. The number of aromatic nitrogens is 3. The molecule has 7 heteroatoms. The topological polar surface area (TPSA) is 79.6 Å². The number of carbonyl (C=O) groups is 2. The lowest BCUT2D eigenvalue weighted by Gasteiger charge is -2.30. The zero-order valence-corrected chi connectivity index (χ0v) is 14.3. The van der Waals surface area contributed by atoms with Gasteiger partial charge in [-0.1, -0.05) is 19.9 Å². The summed E-state index contributed by atoms with van der Waals surface area (Å²) in [7, 11) is 0. The average molecular weight is 329 g/mol. The smallest absolute Gasteiger partial charge is 0.243 e. The van der Waals surface area contributed by atoms with E-state index in [1.54, 1.807) is 4.90 Å². The minimum absolute atomic E-state index is 0.0504. The Bertz CT molecular complexity index is 754. The highest BCUT2D eigenvalue weighted by Crippen LogP contribution is 2.20. The summed E-state index contributed by atoms with van der Waals surface area (Å²) in [6.07, 6.45) is 3.22. The van der Waals surface area contributed by atoms with Gasteiger partial charge in [0.25, 0.3) is 0 Å². The van der Waals surface area contributed by atoms with E-state index in [1.165, 1.54) is 0 Å². The Labute approximate surface area is 141 Å². The molecule has 0 bridgehead atoms. The number of nitrogens with one attached hydrogen (secondary N) is 1. The van der Waals surface area contributed by atoms with Crippen LogP contribution in [0.15, 0.2) is 24.4 Å². The monoisotopic (exact) mass is 329 g/mol.